The standard InChI is InChI=1S/C17H22N4O/c1-3-5-12-18-16(22)15-11-13-19-17(20-15)21(4-2)14-9-7-6-8-10-14/h6-11,13H,3-5,12H2,1-2H3,(H,18,22). The molecule has 0 fully saturated rings. The molecule has 1 amide bonds. The van der Waals surface area contributed by atoms with Crippen molar-refractivity contribution >= 4 is 17.5 Å². The summed E-state index contributed by atoms with van der Waals surface area (Å²) in [5, 5.41) is 2.88. The summed E-state index contributed by atoms with van der Waals surface area (Å²) in [5.74, 6) is 0.387. The number of nitrogens with one attached hydrogen (secondary N) is 1. The summed E-state index contributed by atoms with van der Waals surface area (Å²) < 4.78 is 0. The Hall–Kier alpha value is -2.43. The molecule has 0 aliphatic rings. The second-order valence-corrected chi connectivity index (χ2v) is 4.93. The molecule has 0 aliphatic carbocycles. The molecule has 22 heavy (non-hydrogen) atoms. The zero-order chi connectivity index (χ0) is 15.8. The largest absolute Gasteiger partial charge is 0.351 e. The molecule has 0 bridgehead atoms. The van der Waals surface area contributed by atoms with E-state index in [9.17, 15) is 4.79 Å². The molecular weight excluding hydrogens is 276 g/mol. The van der Waals surface area contributed by atoms with Gasteiger partial charge in [0.15, 0.2) is 0 Å². The third kappa shape index (κ3) is 4.04. The first-order chi connectivity index (χ1) is 10.8. The van der Waals surface area contributed by atoms with Crippen molar-refractivity contribution in [2.75, 3.05) is 18.0 Å². The van der Waals surface area contributed by atoms with Crippen LogP contribution in [0.5, 0.6) is 0 Å². The third-order valence-electron chi connectivity index (χ3n) is 3.32. The molecule has 5 heteroatoms. The average molecular weight is 298 g/mol. The van der Waals surface area contributed by atoms with Crippen LogP contribution >= 0.6 is 0 Å². The lowest BCUT2D eigenvalue weighted by molar-refractivity contribution is 0.0948. The zero-order valence-electron chi connectivity index (χ0n) is 13.1. The molecule has 5 nitrogen and oxygen atoms in total. The quantitative estimate of drug-likeness (QED) is 0.798. The number of benzene rings is 1. The first kappa shape index (κ1) is 15.9. The molecule has 0 spiro atoms. The SMILES string of the molecule is CCCCNC(=O)c1ccnc(N(CC)c2ccccc2)n1. The van der Waals surface area contributed by atoms with Crippen molar-refractivity contribution in [2.24, 2.45) is 0 Å². The molecule has 0 atom stereocenters. The van der Waals surface area contributed by atoms with Crippen LogP contribution in [0, 0.1) is 0 Å². The van der Waals surface area contributed by atoms with Crippen LogP contribution in [0.25, 0.3) is 0 Å². The number of amides is 1. The Morgan fingerprint density at radius 3 is 2.64 bits per heavy atom. The average Bonchev–Trinajstić information content (AvgIpc) is 2.57. The van der Waals surface area contributed by atoms with Crippen LogP contribution in [0.4, 0.5) is 11.6 Å². The number of carbonyl (C=O) groups excluding carboxylic acids is 1. The number of aromatic nitrogens is 2. The second-order valence-electron chi connectivity index (χ2n) is 4.93. The number of rotatable bonds is 7. The lowest BCUT2D eigenvalue weighted by Crippen LogP contribution is -2.26. The van der Waals surface area contributed by atoms with Crippen molar-refractivity contribution in [3.8, 4) is 0 Å². The van der Waals surface area contributed by atoms with Crippen LogP contribution in [-0.4, -0.2) is 29.0 Å². The predicted octanol–water partition coefficient (Wildman–Crippen LogP) is 3.16. The molecule has 2 aromatic rings. The smallest absolute Gasteiger partial charge is 0.270 e. The van der Waals surface area contributed by atoms with Crippen LogP contribution in [0.3, 0.4) is 0 Å². The molecule has 1 aromatic heterocycles. The van der Waals surface area contributed by atoms with Gasteiger partial charge in [-0.3, -0.25) is 4.79 Å². The molecule has 0 unspecified atom stereocenters. The normalized spacial score (nSPS) is 10.3. The predicted molar refractivity (Wildman–Crippen MR) is 88.4 cm³/mol. The van der Waals surface area contributed by atoms with Crippen LogP contribution in [-0.2, 0) is 0 Å². The van der Waals surface area contributed by atoms with E-state index in [1.165, 1.54) is 0 Å². The van der Waals surface area contributed by atoms with Gasteiger partial charge in [0, 0.05) is 25.0 Å². The van der Waals surface area contributed by atoms with Crippen LogP contribution < -0.4 is 10.2 Å². The number of para-hydroxylation sites is 1. The molecular formula is C17H22N4O. The van der Waals surface area contributed by atoms with Crippen molar-refractivity contribution in [1.82, 2.24) is 15.3 Å². The topological polar surface area (TPSA) is 58.1 Å². The van der Waals surface area contributed by atoms with E-state index >= 15 is 0 Å². The van der Waals surface area contributed by atoms with Gasteiger partial charge in [-0.05, 0) is 31.5 Å². The summed E-state index contributed by atoms with van der Waals surface area (Å²) in [5.41, 5.74) is 1.41. The van der Waals surface area contributed by atoms with E-state index in [0.29, 0.717) is 18.2 Å². The molecule has 0 saturated carbocycles. The maximum absolute atomic E-state index is 12.1. The maximum Gasteiger partial charge on any atom is 0.270 e. The molecule has 2 rings (SSSR count). The molecule has 116 valence electrons. The highest BCUT2D eigenvalue weighted by Crippen LogP contribution is 2.20. The molecule has 1 heterocycles. The third-order valence-corrected chi connectivity index (χ3v) is 3.32. The summed E-state index contributed by atoms with van der Waals surface area (Å²) in [6, 6.07) is 11.6. The first-order valence-corrected chi connectivity index (χ1v) is 7.70. The lowest BCUT2D eigenvalue weighted by atomic mass is 10.3. The van der Waals surface area contributed by atoms with Gasteiger partial charge in [-0.1, -0.05) is 31.5 Å². The number of unbranched alkanes of at least 4 members (excludes halogenated alkanes) is 1. The van der Waals surface area contributed by atoms with Crippen molar-refractivity contribution in [1.29, 1.82) is 0 Å². The van der Waals surface area contributed by atoms with Gasteiger partial charge in [0.25, 0.3) is 5.91 Å². The van der Waals surface area contributed by atoms with Crippen molar-refractivity contribution in [2.45, 2.75) is 26.7 Å². The lowest BCUT2D eigenvalue weighted by Gasteiger charge is -2.21. The fraction of sp³-hybridized carbons (Fsp3) is 0.353. The molecule has 0 aliphatic heterocycles. The van der Waals surface area contributed by atoms with E-state index in [1.54, 1.807) is 12.3 Å². The second kappa shape index (κ2) is 8.12. The van der Waals surface area contributed by atoms with E-state index in [1.807, 2.05) is 42.2 Å². The van der Waals surface area contributed by atoms with E-state index in [2.05, 4.69) is 22.2 Å². The Kier molecular flexibility index (Phi) is 5.89. The fourth-order valence-electron chi connectivity index (χ4n) is 2.12. The number of hydrogen-bond acceptors (Lipinski definition) is 4. The number of nitrogens with zero attached hydrogens (tertiary/aromatic N) is 3. The molecule has 1 aromatic carbocycles. The van der Waals surface area contributed by atoms with Gasteiger partial charge in [0.2, 0.25) is 5.95 Å². The van der Waals surface area contributed by atoms with E-state index in [-0.39, 0.29) is 5.91 Å². The van der Waals surface area contributed by atoms with E-state index < -0.39 is 0 Å². The monoisotopic (exact) mass is 298 g/mol. The van der Waals surface area contributed by atoms with Crippen LogP contribution in [0.15, 0.2) is 42.6 Å². The first-order valence-electron chi connectivity index (χ1n) is 7.70. The van der Waals surface area contributed by atoms with Gasteiger partial charge in [-0.2, -0.15) is 0 Å². The number of anilines is 2. The Morgan fingerprint density at radius 1 is 1.18 bits per heavy atom. The molecule has 0 saturated heterocycles. The van der Waals surface area contributed by atoms with E-state index in [4.69, 9.17) is 0 Å². The van der Waals surface area contributed by atoms with E-state index in [0.717, 1.165) is 25.1 Å². The van der Waals surface area contributed by atoms with Gasteiger partial charge in [-0.15, -0.1) is 0 Å². The van der Waals surface area contributed by atoms with Gasteiger partial charge in [0.05, 0.1) is 0 Å². The minimum atomic E-state index is -0.152. The summed E-state index contributed by atoms with van der Waals surface area (Å²) >= 11 is 0. The van der Waals surface area contributed by atoms with Gasteiger partial charge < -0.3 is 10.2 Å². The Labute approximate surface area is 131 Å². The minimum absolute atomic E-state index is 0.152. The highest BCUT2D eigenvalue weighted by atomic mass is 16.1. The Bertz CT molecular complexity index is 601. The summed E-state index contributed by atoms with van der Waals surface area (Å²) in [7, 11) is 0. The summed E-state index contributed by atoms with van der Waals surface area (Å²) in [6.45, 7) is 5.52. The van der Waals surface area contributed by atoms with Gasteiger partial charge in [0.1, 0.15) is 5.69 Å². The Balaban J connectivity index is 2.18. The van der Waals surface area contributed by atoms with Crippen molar-refractivity contribution < 1.29 is 4.79 Å². The maximum atomic E-state index is 12.1. The minimum Gasteiger partial charge on any atom is -0.351 e. The molecule has 0 radical (unpaired) electrons. The summed E-state index contributed by atoms with van der Waals surface area (Å²) in [4.78, 5) is 22.8. The molecule has 1 N–H and O–H groups in total. The van der Waals surface area contributed by atoms with Crippen molar-refractivity contribution in [3.63, 3.8) is 0 Å². The Morgan fingerprint density at radius 2 is 1.95 bits per heavy atom. The van der Waals surface area contributed by atoms with Gasteiger partial charge in [-0.25, -0.2) is 9.97 Å². The fourth-order valence-corrected chi connectivity index (χ4v) is 2.12. The zero-order valence-corrected chi connectivity index (χ0v) is 13.1. The van der Waals surface area contributed by atoms with Crippen LogP contribution in [0.2, 0.25) is 0 Å². The number of hydrogen-bond donors (Lipinski definition) is 1. The highest BCUT2D eigenvalue weighted by molar-refractivity contribution is 5.92. The van der Waals surface area contributed by atoms with Crippen molar-refractivity contribution in [3.05, 3.63) is 48.3 Å². The highest BCUT2D eigenvalue weighted by Gasteiger charge is 2.13. The number of carbonyl (C=O) groups is 1. The van der Waals surface area contributed by atoms with Gasteiger partial charge >= 0.3 is 0 Å². The summed E-state index contributed by atoms with van der Waals surface area (Å²) in [6.07, 6.45) is 3.64. The van der Waals surface area contributed by atoms with Crippen LogP contribution in [0.1, 0.15) is 37.2 Å².